The van der Waals surface area contributed by atoms with Crippen molar-refractivity contribution < 1.29 is 23.8 Å². The molecule has 168 valence electrons. The van der Waals surface area contributed by atoms with Gasteiger partial charge in [0.05, 0.1) is 11.1 Å². The normalized spacial score (nSPS) is 11.9. The monoisotopic (exact) mass is 442 g/mol. The first-order chi connectivity index (χ1) is 16.0. The van der Waals surface area contributed by atoms with Crippen LogP contribution in [0.4, 0.5) is 0 Å². The predicted octanol–water partition coefficient (Wildman–Crippen LogP) is 6.67. The Morgan fingerprint density at radius 2 is 0.970 bits per heavy atom. The minimum Gasteiger partial charge on any atom is -0.457 e. The SMILES string of the molecule is C=C/C=C(\C=C/C)C(=O)Oc1ccc(Oc2ccc(OC(=O)C(/C=C\C)=C/C=C)cc2)cc1. The van der Waals surface area contributed by atoms with E-state index in [0.717, 1.165) is 0 Å². The Morgan fingerprint density at radius 3 is 1.27 bits per heavy atom. The Bertz CT molecular complexity index is 1010. The second-order valence-electron chi connectivity index (χ2n) is 6.54. The van der Waals surface area contributed by atoms with Crippen molar-refractivity contribution in [2.75, 3.05) is 0 Å². The topological polar surface area (TPSA) is 61.8 Å². The second-order valence-corrected chi connectivity index (χ2v) is 6.54. The highest BCUT2D eigenvalue weighted by Gasteiger charge is 2.10. The molecule has 0 unspecified atom stereocenters. The molecule has 0 radical (unpaired) electrons. The van der Waals surface area contributed by atoms with Crippen molar-refractivity contribution in [2.24, 2.45) is 0 Å². The Kier molecular flexibility index (Phi) is 9.90. The molecule has 5 heteroatoms. The lowest BCUT2D eigenvalue weighted by Gasteiger charge is -2.09. The van der Waals surface area contributed by atoms with Crippen molar-refractivity contribution in [2.45, 2.75) is 13.8 Å². The van der Waals surface area contributed by atoms with Crippen LogP contribution in [-0.2, 0) is 9.59 Å². The summed E-state index contributed by atoms with van der Waals surface area (Å²) in [5.74, 6) is 0.926. The van der Waals surface area contributed by atoms with Crippen LogP contribution in [0.15, 0.2) is 121 Å². The molecular formula is C28H26O5. The predicted molar refractivity (Wildman–Crippen MR) is 130 cm³/mol. The highest BCUT2D eigenvalue weighted by molar-refractivity contribution is 5.94. The van der Waals surface area contributed by atoms with Crippen LogP contribution >= 0.6 is 0 Å². The molecule has 33 heavy (non-hydrogen) atoms. The molecule has 0 aromatic heterocycles. The van der Waals surface area contributed by atoms with E-state index >= 15 is 0 Å². The highest BCUT2D eigenvalue weighted by atomic mass is 16.5. The summed E-state index contributed by atoms with van der Waals surface area (Å²) in [4.78, 5) is 24.4. The maximum Gasteiger partial charge on any atom is 0.343 e. The van der Waals surface area contributed by atoms with Gasteiger partial charge >= 0.3 is 11.9 Å². The molecule has 0 fully saturated rings. The van der Waals surface area contributed by atoms with Gasteiger partial charge in [-0.2, -0.15) is 0 Å². The summed E-state index contributed by atoms with van der Waals surface area (Å²) in [6, 6.07) is 13.3. The molecule has 0 bridgehead atoms. The molecule has 0 saturated heterocycles. The van der Waals surface area contributed by atoms with Crippen LogP contribution in [0.25, 0.3) is 0 Å². The molecule has 0 heterocycles. The number of carbonyl (C=O) groups excluding carboxylic acids is 2. The minimum atomic E-state index is -0.479. The standard InChI is InChI=1S/C28H26O5/c1-5-9-21(10-6-2)27(29)32-25-17-13-23(14-18-25)31-24-15-19-26(20-16-24)33-28(30)22(11-7-3)12-8-4/h5-20H,1,3H2,2,4H3/b10-6-,12-8-,21-9+,22-11+. The molecular weight excluding hydrogens is 416 g/mol. The van der Waals surface area contributed by atoms with E-state index in [9.17, 15) is 9.59 Å². The molecule has 0 saturated carbocycles. The van der Waals surface area contributed by atoms with E-state index in [1.807, 2.05) is 13.8 Å². The van der Waals surface area contributed by atoms with Crippen molar-refractivity contribution in [3.8, 4) is 23.0 Å². The van der Waals surface area contributed by atoms with E-state index in [2.05, 4.69) is 13.2 Å². The number of allylic oxidation sites excluding steroid dienone is 6. The number of esters is 2. The van der Waals surface area contributed by atoms with Gasteiger partial charge in [0, 0.05) is 0 Å². The van der Waals surface area contributed by atoms with Crippen molar-refractivity contribution in [1.82, 2.24) is 0 Å². The van der Waals surface area contributed by atoms with Crippen molar-refractivity contribution in [3.05, 3.63) is 121 Å². The zero-order valence-corrected chi connectivity index (χ0v) is 18.7. The quantitative estimate of drug-likeness (QED) is 0.178. The fourth-order valence-corrected chi connectivity index (χ4v) is 2.62. The lowest BCUT2D eigenvalue weighted by molar-refractivity contribution is -0.130. The second kappa shape index (κ2) is 13.1. The summed E-state index contributed by atoms with van der Waals surface area (Å²) in [6.45, 7) is 10.8. The number of ether oxygens (including phenoxy) is 3. The summed E-state index contributed by atoms with van der Waals surface area (Å²) in [7, 11) is 0. The van der Waals surface area contributed by atoms with Gasteiger partial charge in [-0.15, -0.1) is 0 Å². The van der Waals surface area contributed by atoms with Gasteiger partial charge in [0.2, 0.25) is 0 Å². The molecule has 0 N–H and O–H groups in total. The van der Waals surface area contributed by atoms with E-state index in [-0.39, 0.29) is 0 Å². The third kappa shape index (κ3) is 7.99. The van der Waals surface area contributed by atoms with Gasteiger partial charge in [-0.25, -0.2) is 9.59 Å². The number of carbonyl (C=O) groups is 2. The molecule has 0 atom stereocenters. The van der Waals surface area contributed by atoms with Gasteiger partial charge in [0.15, 0.2) is 0 Å². The highest BCUT2D eigenvalue weighted by Crippen LogP contribution is 2.26. The van der Waals surface area contributed by atoms with Gasteiger partial charge in [-0.3, -0.25) is 0 Å². The van der Waals surface area contributed by atoms with E-state index in [1.165, 1.54) is 12.2 Å². The molecule has 0 amide bonds. The average Bonchev–Trinajstić information content (AvgIpc) is 2.81. The smallest absolute Gasteiger partial charge is 0.343 e. The molecule has 2 aromatic carbocycles. The van der Waals surface area contributed by atoms with Crippen LogP contribution in [0.1, 0.15) is 13.8 Å². The molecule has 0 aliphatic rings. The molecule has 2 aromatic rings. The number of benzene rings is 2. The van der Waals surface area contributed by atoms with E-state index in [4.69, 9.17) is 14.2 Å². The first-order valence-corrected chi connectivity index (χ1v) is 10.2. The molecule has 5 nitrogen and oxygen atoms in total. The van der Waals surface area contributed by atoms with Gasteiger partial charge in [-0.05, 0) is 74.5 Å². The maximum atomic E-state index is 12.2. The van der Waals surface area contributed by atoms with Crippen LogP contribution < -0.4 is 14.2 Å². The summed E-state index contributed by atoms with van der Waals surface area (Å²) in [5.41, 5.74) is 0.790. The van der Waals surface area contributed by atoms with Crippen LogP contribution in [0.3, 0.4) is 0 Å². The number of rotatable bonds is 10. The van der Waals surface area contributed by atoms with E-state index < -0.39 is 11.9 Å². The van der Waals surface area contributed by atoms with Crippen LogP contribution in [0, 0.1) is 0 Å². The summed E-state index contributed by atoms with van der Waals surface area (Å²) in [5, 5.41) is 0. The number of hydrogen-bond donors (Lipinski definition) is 0. The first kappa shape index (κ1) is 24.9. The Morgan fingerprint density at radius 1 is 0.636 bits per heavy atom. The van der Waals surface area contributed by atoms with Gasteiger partial charge in [0.25, 0.3) is 0 Å². The lowest BCUT2D eigenvalue weighted by atomic mass is 10.2. The summed E-state index contributed by atoms with van der Waals surface area (Å²) < 4.78 is 16.5. The van der Waals surface area contributed by atoms with Gasteiger partial charge in [-0.1, -0.05) is 49.6 Å². The fourth-order valence-electron chi connectivity index (χ4n) is 2.62. The number of hydrogen-bond acceptors (Lipinski definition) is 5. The average molecular weight is 443 g/mol. The molecule has 0 aliphatic heterocycles. The zero-order chi connectivity index (χ0) is 24.1. The first-order valence-electron chi connectivity index (χ1n) is 10.2. The summed E-state index contributed by atoms with van der Waals surface area (Å²) in [6.07, 6.45) is 13.0. The van der Waals surface area contributed by atoms with Crippen LogP contribution in [-0.4, -0.2) is 11.9 Å². The van der Waals surface area contributed by atoms with Crippen molar-refractivity contribution >= 4 is 11.9 Å². The van der Waals surface area contributed by atoms with Gasteiger partial charge in [0.1, 0.15) is 23.0 Å². The zero-order valence-electron chi connectivity index (χ0n) is 18.7. The Labute approximate surface area is 194 Å². The Balaban J connectivity index is 2.00. The Hall–Kier alpha value is -4.38. The van der Waals surface area contributed by atoms with Crippen LogP contribution in [0.2, 0.25) is 0 Å². The third-order valence-corrected chi connectivity index (χ3v) is 4.06. The third-order valence-electron chi connectivity index (χ3n) is 4.06. The summed E-state index contributed by atoms with van der Waals surface area (Å²) >= 11 is 0. The van der Waals surface area contributed by atoms with E-state index in [1.54, 1.807) is 85.0 Å². The van der Waals surface area contributed by atoms with Crippen molar-refractivity contribution in [1.29, 1.82) is 0 Å². The van der Waals surface area contributed by atoms with Crippen LogP contribution in [0.5, 0.6) is 23.0 Å². The fraction of sp³-hybridized carbons (Fsp3) is 0.0714. The minimum absolute atomic E-state index is 0.388. The molecule has 0 spiro atoms. The molecule has 0 aliphatic carbocycles. The van der Waals surface area contributed by atoms with Gasteiger partial charge < -0.3 is 14.2 Å². The largest absolute Gasteiger partial charge is 0.457 e. The van der Waals surface area contributed by atoms with Crippen molar-refractivity contribution in [3.63, 3.8) is 0 Å². The lowest BCUT2D eigenvalue weighted by Crippen LogP contribution is -2.09. The molecule has 2 rings (SSSR count). The maximum absolute atomic E-state index is 12.2. The van der Waals surface area contributed by atoms with E-state index in [0.29, 0.717) is 34.1 Å².